The summed E-state index contributed by atoms with van der Waals surface area (Å²) in [5.74, 6) is 0.187. The van der Waals surface area contributed by atoms with Gasteiger partial charge in [-0.25, -0.2) is 4.39 Å². The topological polar surface area (TPSA) is 20.3 Å². The van der Waals surface area contributed by atoms with Gasteiger partial charge in [-0.1, -0.05) is 15.9 Å². The lowest BCUT2D eigenvalue weighted by atomic mass is 10.1. The van der Waals surface area contributed by atoms with E-state index in [1.807, 2.05) is 4.90 Å². The first kappa shape index (κ1) is 13.5. The van der Waals surface area contributed by atoms with Gasteiger partial charge in [0.25, 0.3) is 5.91 Å². The molecule has 18 heavy (non-hydrogen) atoms. The third-order valence-corrected chi connectivity index (χ3v) is 3.84. The normalized spacial score (nSPS) is 19.3. The van der Waals surface area contributed by atoms with Crippen LogP contribution in [0.2, 0.25) is 0 Å². The number of hydrogen-bond acceptors (Lipinski definition) is 1. The molecule has 0 aliphatic carbocycles. The fourth-order valence-corrected chi connectivity index (χ4v) is 3.10. The Balaban J connectivity index is 2.08. The molecule has 1 heterocycles. The molecule has 2 rings (SSSR count). The number of benzene rings is 1. The van der Waals surface area contributed by atoms with Crippen molar-refractivity contribution in [1.29, 1.82) is 0 Å². The van der Waals surface area contributed by atoms with Gasteiger partial charge in [0.1, 0.15) is 5.82 Å². The summed E-state index contributed by atoms with van der Waals surface area (Å²) in [6, 6.07) is 4.52. The molecule has 2 nitrogen and oxygen atoms in total. The Bertz CT molecular complexity index is 429. The van der Waals surface area contributed by atoms with E-state index < -0.39 is 0 Å². The average molecular weight is 314 g/mol. The second-order valence-electron chi connectivity index (χ2n) is 4.90. The van der Waals surface area contributed by atoms with E-state index in [2.05, 4.69) is 15.9 Å². The Hall–Kier alpha value is -0.900. The van der Waals surface area contributed by atoms with Crippen LogP contribution in [0, 0.1) is 18.7 Å². The number of likely N-dealkylation sites (tertiary alicyclic amines) is 1. The van der Waals surface area contributed by atoms with Crippen molar-refractivity contribution in [1.82, 2.24) is 4.90 Å². The molecule has 4 heteroatoms. The zero-order chi connectivity index (χ0) is 13.1. The van der Waals surface area contributed by atoms with Crippen LogP contribution in [0.3, 0.4) is 0 Å². The van der Waals surface area contributed by atoms with Gasteiger partial charge in [0.05, 0.1) is 0 Å². The van der Waals surface area contributed by atoms with Gasteiger partial charge in [-0.3, -0.25) is 4.79 Å². The lowest BCUT2D eigenvalue weighted by Crippen LogP contribution is -2.28. The molecule has 1 fully saturated rings. The largest absolute Gasteiger partial charge is 0.338 e. The predicted molar refractivity (Wildman–Crippen MR) is 73.6 cm³/mol. The summed E-state index contributed by atoms with van der Waals surface area (Å²) < 4.78 is 13.3. The Morgan fingerprint density at radius 2 is 2.28 bits per heavy atom. The molecule has 1 saturated heterocycles. The van der Waals surface area contributed by atoms with E-state index in [4.69, 9.17) is 0 Å². The van der Waals surface area contributed by atoms with Crippen molar-refractivity contribution in [3.8, 4) is 0 Å². The van der Waals surface area contributed by atoms with Crippen molar-refractivity contribution in [2.45, 2.75) is 19.8 Å². The van der Waals surface area contributed by atoms with E-state index in [9.17, 15) is 9.18 Å². The first-order valence-corrected chi connectivity index (χ1v) is 7.34. The van der Waals surface area contributed by atoms with Crippen LogP contribution in [0.25, 0.3) is 0 Å². The predicted octanol–water partition coefficient (Wildman–Crippen LogP) is 3.38. The summed E-state index contributed by atoms with van der Waals surface area (Å²) >= 11 is 3.43. The summed E-state index contributed by atoms with van der Waals surface area (Å²) in [4.78, 5) is 14.1. The van der Waals surface area contributed by atoms with Crippen LogP contribution >= 0.6 is 15.9 Å². The molecule has 0 spiro atoms. The van der Waals surface area contributed by atoms with Crippen molar-refractivity contribution in [2.24, 2.45) is 5.92 Å². The fourth-order valence-electron chi connectivity index (χ4n) is 2.45. The van der Waals surface area contributed by atoms with E-state index in [0.717, 1.165) is 36.8 Å². The highest BCUT2D eigenvalue weighted by atomic mass is 79.9. The highest BCUT2D eigenvalue weighted by Crippen LogP contribution is 2.22. The Labute approximate surface area is 115 Å². The van der Waals surface area contributed by atoms with Gasteiger partial charge >= 0.3 is 0 Å². The number of halogens is 2. The van der Waals surface area contributed by atoms with E-state index in [1.165, 1.54) is 12.1 Å². The molecule has 0 bridgehead atoms. The average Bonchev–Trinajstić information content (AvgIpc) is 2.76. The van der Waals surface area contributed by atoms with Crippen molar-refractivity contribution in [3.63, 3.8) is 0 Å². The zero-order valence-electron chi connectivity index (χ0n) is 10.5. The smallest absolute Gasteiger partial charge is 0.253 e. The lowest BCUT2D eigenvalue weighted by Gasteiger charge is -2.16. The van der Waals surface area contributed by atoms with Crippen LogP contribution < -0.4 is 0 Å². The molecule has 98 valence electrons. The van der Waals surface area contributed by atoms with Crippen LogP contribution in [0.4, 0.5) is 4.39 Å². The Kier molecular flexibility index (Phi) is 4.38. The lowest BCUT2D eigenvalue weighted by molar-refractivity contribution is 0.0786. The van der Waals surface area contributed by atoms with Gasteiger partial charge in [-0.15, -0.1) is 0 Å². The highest BCUT2D eigenvalue weighted by molar-refractivity contribution is 9.09. The van der Waals surface area contributed by atoms with Gasteiger partial charge in [0.15, 0.2) is 0 Å². The van der Waals surface area contributed by atoms with Gasteiger partial charge in [0, 0.05) is 24.0 Å². The molecule has 1 aliphatic heterocycles. The quantitative estimate of drug-likeness (QED) is 0.783. The van der Waals surface area contributed by atoms with Crippen LogP contribution in [-0.2, 0) is 0 Å². The van der Waals surface area contributed by atoms with Crippen molar-refractivity contribution in [2.75, 3.05) is 18.4 Å². The maximum absolute atomic E-state index is 13.3. The molecule has 1 aromatic carbocycles. The van der Waals surface area contributed by atoms with Gasteiger partial charge in [-0.2, -0.15) is 0 Å². The molecule has 0 radical (unpaired) electrons. The van der Waals surface area contributed by atoms with Crippen molar-refractivity contribution in [3.05, 3.63) is 35.1 Å². The molecule has 0 saturated carbocycles. The number of alkyl halides is 1. The minimum atomic E-state index is -0.338. The summed E-state index contributed by atoms with van der Waals surface area (Å²) in [5.41, 5.74) is 1.25. The summed E-state index contributed by atoms with van der Waals surface area (Å²) in [6.07, 6.45) is 2.14. The van der Waals surface area contributed by atoms with E-state index in [0.29, 0.717) is 11.5 Å². The second kappa shape index (κ2) is 5.83. The molecule has 1 aromatic rings. The molecule has 1 unspecified atom stereocenters. The summed E-state index contributed by atoms with van der Waals surface area (Å²) in [7, 11) is 0. The Morgan fingerprint density at radius 1 is 1.50 bits per heavy atom. The van der Waals surface area contributed by atoms with Gasteiger partial charge < -0.3 is 4.90 Å². The molecule has 0 N–H and O–H groups in total. The van der Waals surface area contributed by atoms with E-state index in [-0.39, 0.29) is 11.7 Å². The van der Waals surface area contributed by atoms with E-state index >= 15 is 0 Å². The number of aryl methyl sites for hydroxylation is 1. The van der Waals surface area contributed by atoms with Crippen LogP contribution in [-0.4, -0.2) is 29.2 Å². The third kappa shape index (κ3) is 3.10. The third-order valence-electron chi connectivity index (χ3n) is 3.38. The van der Waals surface area contributed by atoms with Crippen molar-refractivity contribution >= 4 is 21.8 Å². The molecule has 0 aromatic heterocycles. The highest BCUT2D eigenvalue weighted by Gasteiger charge is 2.26. The monoisotopic (exact) mass is 313 g/mol. The number of nitrogens with zero attached hydrogens (tertiary/aromatic N) is 1. The van der Waals surface area contributed by atoms with Crippen LogP contribution in [0.5, 0.6) is 0 Å². The number of carbonyl (C=O) groups excluding carboxylic acids is 1. The molecular weight excluding hydrogens is 297 g/mol. The number of amides is 1. The maximum Gasteiger partial charge on any atom is 0.253 e. The van der Waals surface area contributed by atoms with Gasteiger partial charge in [-0.05, 0) is 49.4 Å². The second-order valence-corrected chi connectivity index (χ2v) is 5.69. The minimum absolute atomic E-state index is 0.0466. The Morgan fingerprint density at radius 3 is 2.94 bits per heavy atom. The zero-order valence-corrected chi connectivity index (χ0v) is 12.0. The van der Waals surface area contributed by atoms with Crippen molar-refractivity contribution < 1.29 is 9.18 Å². The maximum atomic E-state index is 13.3. The number of hydrogen-bond donors (Lipinski definition) is 0. The first-order chi connectivity index (χ1) is 8.60. The number of carbonyl (C=O) groups is 1. The van der Waals surface area contributed by atoms with Crippen LogP contribution in [0.1, 0.15) is 28.8 Å². The summed E-state index contributed by atoms with van der Waals surface area (Å²) in [6.45, 7) is 3.38. The SMILES string of the molecule is Cc1cc(F)cc(C(=O)N2CCC(CCBr)C2)c1. The molecule has 1 aliphatic rings. The van der Waals surface area contributed by atoms with E-state index in [1.54, 1.807) is 13.0 Å². The fraction of sp³-hybridized carbons (Fsp3) is 0.500. The first-order valence-electron chi connectivity index (χ1n) is 6.22. The molecule has 1 amide bonds. The number of rotatable bonds is 3. The van der Waals surface area contributed by atoms with Crippen LogP contribution in [0.15, 0.2) is 18.2 Å². The molecule has 1 atom stereocenters. The minimum Gasteiger partial charge on any atom is -0.338 e. The standard InChI is InChI=1S/C14H17BrFNO/c1-10-6-12(8-13(16)7-10)14(18)17-5-3-11(9-17)2-4-15/h6-8,11H,2-5,9H2,1H3. The van der Waals surface area contributed by atoms with Gasteiger partial charge in [0.2, 0.25) is 0 Å². The summed E-state index contributed by atoms with van der Waals surface area (Å²) in [5, 5.41) is 0.971. The molecular formula is C14H17BrFNO.